The first-order chi connectivity index (χ1) is 9.50. The fourth-order valence-corrected chi connectivity index (χ4v) is 3.08. The molecule has 0 spiro atoms. The maximum atomic E-state index is 12.0. The maximum absolute atomic E-state index is 12.0. The quantitative estimate of drug-likeness (QED) is 0.824. The second kappa shape index (κ2) is 6.17. The monoisotopic (exact) mass is 294 g/mol. The van der Waals surface area contributed by atoms with Gasteiger partial charge in [-0.15, -0.1) is 0 Å². The van der Waals surface area contributed by atoms with Crippen molar-refractivity contribution >= 4 is 10.0 Å². The molecule has 0 fully saturated rings. The highest BCUT2D eigenvalue weighted by Gasteiger charge is 2.17. The fourth-order valence-electron chi connectivity index (χ4n) is 1.92. The Hall–Kier alpha value is -1.70. The lowest BCUT2D eigenvalue weighted by molar-refractivity contribution is 0.554. The molecular weight excluding hydrogens is 276 g/mol. The number of rotatable bonds is 6. The molecule has 1 aromatic heterocycles. The zero-order valence-corrected chi connectivity index (χ0v) is 12.0. The standard InChI is InChI=1S/C13H18N4O2S/c1-17-13(8-9-15-17)20(18,19)16-10-7-12(14)11-5-3-2-4-6-11/h2-6,8-9,12,16H,7,10,14H2,1H3. The summed E-state index contributed by atoms with van der Waals surface area (Å²) in [5.41, 5.74) is 7.01. The van der Waals surface area contributed by atoms with Crippen LogP contribution in [0.3, 0.4) is 0 Å². The highest BCUT2D eigenvalue weighted by molar-refractivity contribution is 7.89. The third kappa shape index (κ3) is 3.44. The van der Waals surface area contributed by atoms with Crippen LogP contribution in [0.1, 0.15) is 18.0 Å². The highest BCUT2D eigenvalue weighted by Crippen LogP contribution is 2.13. The number of nitrogens with two attached hydrogens (primary N) is 1. The van der Waals surface area contributed by atoms with E-state index in [2.05, 4.69) is 9.82 Å². The summed E-state index contributed by atoms with van der Waals surface area (Å²) in [7, 11) is -1.94. The van der Waals surface area contributed by atoms with Crippen molar-refractivity contribution < 1.29 is 8.42 Å². The summed E-state index contributed by atoms with van der Waals surface area (Å²) in [6, 6.07) is 10.9. The molecule has 108 valence electrons. The molecule has 0 amide bonds. The van der Waals surface area contributed by atoms with Gasteiger partial charge in [0, 0.05) is 19.6 Å². The van der Waals surface area contributed by atoms with Gasteiger partial charge in [0.15, 0.2) is 5.03 Å². The Morgan fingerprint density at radius 2 is 2.00 bits per heavy atom. The van der Waals surface area contributed by atoms with Crippen molar-refractivity contribution in [1.29, 1.82) is 0 Å². The Morgan fingerprint density at radius 3 is 2.60 bits per heavy atom. The lowest BCUT2D eigenvalue weighted by Gasteiger charge is -2.12. The van der Waals surface area contributed by atoms with Gasteiger partial charge in [0.2, 0.25) is 0 Å². The molecule has 7 heteroatoms. The van der Waals surface area contributed by atoms with E-state index in [0.29, 0.717) is 6.42 Å². The van der Waals surface area contributed by atoms with E-state index in [1.165, 1.54) is 16.9 Å². The van der Waals surface area contributed by atoms with Crippen LogP contribution in [-0.2, 0) is 17.1 Å². The van der Waals surface area contributed by atoms with Crippen LogP contribution in [0.15, 0.2) is 47.6 Å². The molecule has 1 atom stereocenters. The van der Waals surface area contributed by atoms with Gasteiger partial charge in [-0.2, -0.15) is 5.10 Å². The van der Waals surface area contributed by atoms with Crippen molar-refractivity contribution in [2.75, 3.05) is 6.54 Å². The summed E-state index contributed by atoms with van der Waals surface area (Å²) in [5, 5.41) is 3.99. The number of nitrogens with one attached hydrogen (secondary N) is 1. The van der Waals surface area contributed by atoms with E-state index in [4.69, 9.17) is 5.73 Å². The average Bonchev–Trinajstić information content (AvgIpc) is 2.86. The maximum Gasteiger partial charge on any atom is 0.257 e. The summed E-state index contributed by atoms with van der Waals surface area (Å²) in [6.07, 6.45) is 1.98. The second-order valence-corrected chi connectivity index (χ2v) is 6.21. The number of hydrogen-bond donors (Lipinski definition) is 2. The minimum Gasteiger partial charge on any atom is -0.324 e. The molecule has 2 aromatic rings. The van der Waals surface area contributed by atoms with E-state index >= 15 is 0 Å². The summed E-state index contributed by atoms with van der Waals surface area (Å²) in [6.45, 7) is 0.281. The van der Waals surface area contributed by atoms with Gasteiger partial charge >= 0.3 is 0 Å². The molecule has 6 nitrogen and oxygen atoms in total. The van der Waals surface area contributed by atoms with Gasteiger partial charge in [0.05, 0.1) is 6.20 Å². The summed E-state index contributed by atoms with van der Waals surface area (Å²) in [5.74, 6) is 0. The van der Waals surface area contributed by atoms with Crippen molar-refractivity contribution in [3.8, 4) is 0 Å². The fraction of sp³-hybridized carbons (Fsp3) is 0.308. The molecule has 0 aliphatic carbocycles. The van der Waals surface area contributed by atoms with Crippen LogP contribution in [0.5, 0.6) is 0 Å². The number of sulfonamides is 1. The average molecular weight is 294 g/mol. The molecule has 3 N–H and O–H groups in total. The van der Waals surface area contributed by atoms with E-state index in [1.807, 2.05) is 30.3 Å². The van der Waals surface area contributed by atoms with Crippen LogP contribution in [0.2, 0.25) is 0 Å². The first kappa shape index (κ1) is 14.7. The molecule has 1 heterocycles. The predicted octanol–water partition coefficient (Wildman–Crippen LogP) is 0.788. The van der Waals surface area contributed by atoms with Crippen LogP contribution in [0.25, 0.3) is 0 Å². The number of nitrogens with zero attached hydrogens (tertiary/aromatic N) is 2. The van der Waals surface area contributed by atoms with Crippen molar-refractivity contribution in [2.45, 2.75) is 17.5 Å². The summed E-state index contributed by atoms with van der Waals surface area (Å²) >= 11 is 0. The third-order valence-corrected chi connectivity index (χ3v) is 4.56. The Kier molecular flexibility index (Phi) is 4.53. The van der Waals surface area contributed by atoms with Crippen molar-refractivity contribution in [2.24, 2.45) is 12.8 Å². The van der Waals surface area contributed by atoms with Crippen molar-refractivity contribution in [3.05, 3.63) is 48.2 Å². The van der Waals surface area contributed by atoms with Gasteiger partial charge in [0.25, 0.3) is 10.0 Å². The molecule has 0 bridgehead atoms. The lowest BCUT2D eigenvalue weighted by Crippen LogP contribution is -2.28. The molecule has 0 saturated heterocycles. The number of aromatic nitrogens is 2. The molecule has 0 aliphatic rings. The molecule has 20 heavy (non-hydrogen) atoms. The van der Waals surface area contributed by atoms with E-state index in [0.717, 1.165) is 5.56 Å². The van der Waals surface area contributed by atoms with Crippen LogP contribution >= 0.6 is 0 Å². The highest BCUT2D eigenvalue weighted by atomic mass is 32.2. The Balaban J connectivity index is 1.92. The molecular formula is C13H18N4O2S. The zero-order valence-electron chi connectivity index (χ0n) is 11.2. The summed E-state index contributed by atoms with van der Waals surface area (Å²) < 4.78 is 27.9. The van der Waals surface area contributed by atoms with E-state index in [9.17, 15) is 8.42 Å². The molecule has 1 unspecified atom stereocenters. The lowest BCUT2D eigenvalue weighted by atomic mass is 10.1. The minimum absolute atomic E-state index is 0.144. The molecule has 0 saturated carbocycles. The van der Waals surface area contributed by atoms with E-state index in [1.54, 1.807) is 7.05 Å². The van der Waals surface area contributed by atoms with Gasteiger partial charge < -0.3 is 5.73 Å². The first-order valence-corrected chi connectivity index (χ1v) is 7.77. The Bertz CT molecular complexity index is 652. The van der Waals surface area contributed by atoms with E-state index in [-0.39, 0.29) is 17.6 Å². The van der Waals surface area contributed by atoms with Gasteiger partial charge in [0.1, 0.15) is 0 Å². The largest absolute Gasteiger partial charge is 0.324 e. The molecule has 1 aromatic carbocycles. The third-order valence-electron chi connectivity index (χ3n) is 3.03. The van der Waals surface area contributed by atoms with Crippen molar-refractivity contribution in [1.82, 2.24) is 14.5 Å². The SMILES string of the molecule is Cn1nccc1S(=O)(=O)NCCC(N)c1ccccc1. The van der Waals surface area contributed by atoms with Crippen LogP contribution in [-0.4, -0.2) is 24.7 Å². The number of benzene rings is 1. The Labute approximate surface area is 118 Å². The van der Waals surface area contributed by atoms with Crippen LogP contribution in [0.4, 0.5) is 0 Å². The predicted molar refractivity (Wildman–Crippen MR) is 76.4 cm³/mol. The molecule has 2 rings (SSSR count). The minimum atomic E-state index is -3.53. The van der Waals surface area contributed by atoms with Crippen LogP contribution in [0, 0.1) is 0 Å². The van der Waals surface area contributed by atoms with Gasteiger partial charge in [-0.05, 0) is 18.1 Å². The Morgan fingerprint density at radius 1 is 1.30 bits per heavy atom. The molecule has 0 aliphatic heterocycles. The van der Waals surface area contributed by atoms with Gasteiger partial charge in [-0.3, -0.25) is 4.68 Å². The second-order valence-electron chi connectivity index (χ2n) is 4.50. The summed E-state index contributed by atoms with van der Waals surface area (Å²) in [4.78, 5) is 0. The van der Waals surface area contributed by atoms with Crippen molar-refractivity contribution in [3.63, 3.8) is 0 Å². The topological polar surface area (TPSA) is 90.0 Å². The van der Waals surface area contributed by atoms with Crippen LogP contribution < -0.4 is 10.5 Å². The molecule has 0 radical (unpaired) electrons. The zero-order chi connectivity index (χ0) is 14.6. The number of hydrogen-bond acceptors (Lipinski definition) is 4. The van der Waals surface area contributed by atoms with Gasteiger partial charge in [-0.25, -0.2) is 13.1 Å². The normalized spacial score (nSPS) is 13.3. The number of aryl methyl sites for hydroxylation is 1. The van der Waals surface area contributed by atoms with E-state index < -0.39 is 10.0 Å². The smallest absolute Gasteiger partial charge is 0.257 e. The first-order valence-electron chi connectivity index (χ1n) is 6.29. The van der Waals surface area contributed by atoms with Gasteiger partial charge in [-0.1, -0.05) is 30.3 Å².